The van der Waals surface area contributed by atoms with Gasteiger partial charge < -0.3 is 0 Å². The van der Waals surface area contributed by atoms with Gasteiger partial charge in [-0.05, 0) is 11.8 Å². The highest BCUT2D eigenvalue weighted by molar-refractivity contribution is 4.78. The second-order valence-electron chi connectivity index (χ2n) is 4.09. The summed E-state index contributed by atoms with van der Waals surface area (Å²) in [5.41, 5.74) is 0. The van der Waals surface area contributed by atoms with Crippen molar-refractivity contribution in [1.82, 2.24) is 0 Å². The van der Waals surface area contributed by atoms with E-state index in [-0.39, 0.29) is 4.70 Å². The molecule has 0 aromatic heterocycles. The van der Waals surface area contributed by atoms with E-state index in [0.717, 1.165) is 11.8 Å². The molecule has 0 spiro atoms. The van der Waals surface area contributed by atoms with Crippen molar-refractivity contribution in [2.24, 2.45) is 11.8 Å². The predicted octanol–water partition coefficient (Wildman–Crippen LogP) is 3.52. The normalized spacial score (nSPS) is 37.1. The van der Waals surface area contributed by atoms with E-state index >= 15 is 0 Å². The molecule has 0 aliphatic heterocycles. The number of hydrogen-bond acceptors (Lipinski definition) is 0. The topological polar surface area (TPSA) is 0 Å². The molecule has 0 heterocycles. The molecule has 0 N–H and O–H groups in total. The zero-order valence-electron chi connectivity index (χ0n) is 7.22. The SMILES string of the molecule is C1CCC2CCCCC2C1.F. The summed E-state index contributed by atoms with van der Waals surface area (Å²) in [6.07, 6.45) is 12.4. The van der Waals surface area contributed by atoms with Crippen LogP contribution in [0.25, 0.3) is 0 Å². The Morgan fingerprint density at radius 2 is 0.818 bits per heavy atom. The van der Waals surface area contributed by atoms with E-state index < -0.39 is 0 Å². The molecule has 0 radical (unpaired) electrons. The Balaban J connectivity index is 0.000000605. The van der Waals surface area contributed by atoms with E-state index in [1.54, 1.807) is 25.7 Å². The molecule has 0 atom stereocenters. The average molecular weight is 158 g/mol. The fraction of sp³-hybridized carbons (Fsp3) is 1.00. The summed E-state index contributed by atoms with van der Waals surface area (Å²) in [7, 11) is 0. The van der Waals surface area contributed by atoms with Gasteiger partial charge in [-0.25, -0.2) is 0 Å². The summed E-state index contributed by atoms with van der Waals surface area (Å²) in [4.78, 5) is 0. The molecule has 0 nitrogen and oxygen atoms in total. The molecule has 2 aliphatic carbocycles. The minimum absolute atomic E-state index is 0. The lowest BCUT2D eigenvalue weighted by Crippen LogP contribution is -2.22. The van der Waals surface area contributed by atoms with Gasteiger partial charge in [0, 0.05) is 0 Å². The van der Waals surface area contributed by atoms with Gasteiger partial charge in [0.1, 0.15) is 0 Å². The quantitative estimate of drug-likeness (QED) is 0.506. The Labute approximate surface area is 68.7 Å². The smallest absolute Gasteiger partial charge is 0.0386 e. The maximum absolute atomic E-state index is 1.56. The zero-order chi connectivity index (χ0) is 6.81. The minimum atomic E-state index is 0. The van der Waals surface area contributed by atoms with Crippen LogP contribution in [0.2, 0.25) is 0 Å². The summed E-state index contributed by atoms with van der Waals surface area (Å²) in [5, 5.41) is 0. The van der Waals surface area contributed by atoms with Crippen LogP contribution in [-0.4, -0.2) is 0 Å². The van der Waals surface area contributed by atoms with Crippen LogP contribution in [0.15, 0.2) is 0 Å². The molecule has 0 bridgehead atoms. The number of rotatable bonds is 0. The van der Waals surface area contributed by atoms with Crippen LogP contribution in [0, 0.1) is 11.8 Å². The van der Waals surface area contributed by atoms with Crippen LogP contribution in [0.3, 0.4) is 0 Å². The molecule has 66 valence electrons. The molecule has 2 fully saturated rings. The highest BCUT2D eigenvalue weighted by Crippen LogP contribution is 2.39. The standard InChI is InChI=1S/C10H18.FH/c1-2-6-10-8-4-3-7-9(10)5-1;/h9-10H,1-8H2;1H. The van der Waals surface area contributed by atoms with Crippen molar-refractivity contribution in [2.45, 2.75) is 51.4 Å². The summed E-state index contributed by atoms with van der Waals surface area (Å²) in [5.74, 6) is 2.31. The lowest BCUT2D eigenvalue weighted by molar-refractivity contribution is 0.171. The third-order valence-corrected chi connectivity index (χ3v) is 3.47. The van der Waals surface area contributed by atoms with Gasteiger partial charge in [0.2, 0.25) is 0 Å². The molecule has 0 unspecified atom stereocenters. The van der Waals surface area contributed by atoms with Crippen molar-refractivity contribution < 1.29 is 4.70 Å². The van der Waals surface area contributed by atoms with Crippen LogP contribution in [-0.2, 0) is 0 Å². The van der Waals surface area contributed by atoms with E-state index in [1.807, 2.05) is 0 Å². The molecular formula is C10H19F. The maximum atomic E-state index is 1.56. The molecule has 2 rings (SSSR count). The molecule has 2 aliphatic rings. The van der Waals surface area contributed by atoms with Crippen molar-refractivity contribution in [3.05, 3.63) is 0 Å². The first-order valence-electron chi connectivity index (χ1n) is 4.97. The van der Waals surface area contributed by atoms with E-state index in [2.05, 4.69) is 0 Å². The lowest BCUT2D eigenvalue weighted by atomic mass is 9.71. The Kier molecular flexibility index (Phi) is 3.35. The molecule has 0 aromatic carbocycles. The molecular weight excluding hydrogens is 139 g/mol. The van der Waals surface area contributed by atoms with Crippen molar-refractivity contribution in [2.75, 3.05) is 0 Å². The van der Waals surface area contributed by atoms with Gasteiger partial charge in [0.05, 0.1) is 0 Å². The Morgan fingerprint density at radius 3 is 1.09 bits per heavy atom. The summed E-state index contributed by atoms with van der Waals surface area (Å²) >= 11 is 0. The van der Waals surface area contributed by atoms with Crippen LogP contribution < -0.4 is 0 Å². The van der Waals surface area contributed by atoms with E-state index in [9.17, 15) is 0 Å². The summed E-state index contributed by atoms with van der Waals surface area (Å²) in [6.45, 7) is 0. The highest BCUT2D eigenvalue weighted by atomic mass is 19.0. The second-order valence-corrected chi connectivity index (χ2v) is 4.09. The van der Waals surface area contributed by atoms with E-state index in [4.69, 9.17) is 0 Å². The molecule has 2 saturated carbocycles. The maximum Gasteiger partial charge on any atom is -0.0386 e. The predicted molar refractivity (Wildman–Crippen MR) is 46.4 cm³/mol. The van der Waals surface area contributed by atoms with Crippen molar-refractivity contribution in [3.63, 3.8) is 0 Å². The number of hydrogen-bond donors (Lipinski definition) is 0. The van der Waals surface area contributed by atoms with Gasteiger partial charge in [-0.3, -0.25) is 4.70 Å². The van der Waals surface area contributed by atoms with E-state index in [0.29, 0.717) is 0 Å². The van der Waals surface area contributed by atoms with Gasteiger partial charge >= 0.3 is 0 Å². The van der Waals surface area contributed by atoms with Gasteiger partial charge in [-0.2, -0.15) is 0 Å². The molecule has 1 heteroatoms. The fourth-order valence-corrected chi connectivity index (χ4v) is 2.86. The third-order valence-electron chi connectivity index (χ3n) is 3.47. The Hall–Kier alpha value is -0.0700. The first-order valence-corrected chi connectivity index (χ1v) is 4.97. The fourth-order valence-electron chi connectivity index (χ4n) is 2.86. The van der Waals surface area contributed by atoms with E-state index in [1.165, 1.54) is 25.7 Å². The van der Waals surface area contributed by atoms with Gasteiger partial charge in [0.15, 0.2) is 0 Å². The lowest BCUT2D eigenvalue weighted by Gasteiger charge is -2.35. The number of halogens is 1. The van der Waals surface area contributed by atoms with Crippen LogP contribution in [0.1, 0.15) is 51.4 Å². The monoisotopic (exact) mass is 158 g/mol. The Bertz CT molecular complexity index is 85.4. The molecule has 0 amide bonds. The van der Waals surface area contributed by atoms with Gasteiger partial charge in [-0.15, -0.1) is 0 Å². The van der Waals surface area contributed by atoms with Crippen LogP contribution in [0.5, 0.6) is 0 Å². The first kappa shape index (κ1) is 9.02. The van der Waals surface area contributed by atoms with Crippen LogP contribution in [0.4, 0.5) is 4.70 Å². The summed E-state index contributed by atoms with van der Waals surface area (Å²) < 4.78 is 0. The highest BCUT2D eigenvalue weighted by Gasteiger charge is 2.26. The molecule has 0 aromatic rings. The molecule has 0 saturated heterocycles. The average Bonchev–Trinajstić information content (AvgIpc) is 2.05. The van der Waals surface area contributed by atoms with Crippen molar-refractivity contribution in [3.8, 4) is 0 Å². The van der Waals surface area contributed by atoms with Crippen molar-refractivity contribution in [1.29, 1.82) is 0 Å². The Morgan fingerprint density at radius 1 is 0.545 bits per heavy atom. The third kappa shape index (κ3) is 1.94. The van der Waals surface area contributed by atoms with Gasteiger partial charge in [0.25, 0.3) is 0 Å². The van der Waals surface area contributed by atoms with Crippen LogP contribution >= 0.6 is 0 Å². The summed E-state index contributed by atoms with van der Waals surface area (Å²) in [6, 6.07) is 0. The second kappa shape index (κ2) is 4.08. The largest absolute Gasteiger partial charge is 0.269 e. The molecule has 11 heavy (non-hydrogen) atoms. The minimum Gasteiger partial charge on any atom is -0.269 e. The zero-order valence-corrected chi connectivity index (χ0v) is 7.22. The number of fused-ring (bicyclic) bond motifs is 1. The first-order chi connectivity index (χ1) is 4.97. The van der Waals surface area contributed by atoms with Crippen molar-refractivity contribution >= 4 is 0 Å². The van der Waals surface area contributed by atoms with Gasteiger partial charge in [-0.1, -0.05) is 51.4 Å².